The van der Waals surface area contributed by atoms with E-state index in [2.05, 4.69) is 15.4 Å². The number of halogens is 3. The van der Waals surface area contributed by atoms with Crippen molar-refractivity contribution in [2.75, 3.05) is 29.7 Å². The zero-order chi connectivity index (χ0) is 31.4. The normalized spacial score (nSPS) is 10.7. The fourth-order valence-electron chi connectivity index (χ4n) is 3.88. The molecule has 0 spiro atoms. The van der Waals surface area contributed by atoms with E-state index in [4.69, 9.17) is 10.7 Å². The van der Waals surface area contributed by atoms with Crippen LogP contribution in [-0.2, 0) is 20.5 Å². The minimum Gasteiger partial charge on any atom is -0.507 e. The van der Waals surface area contributed by atoms with Gasteiger partial charge in [-0.1, -0.05) is 6.07 Å². The molecule has 0 atom stereocenters. The summed E-state index contributed by atoms with van der Waals surface area (Å²) in [5, 5.41) is 41.8. The van der Waals surface area contributed by atoms with Gasteiger partial charge in [0.15, 0.2) is 0 Å². The number of amides is 3. The van der Waals surface area contributed by atoms with E-state index in [9.17, 15) is 42.6 Å². The molecule has 0 bridgehead atoms. The predicted molar refractivity (Wildman–Crippen MR) is 143 cm³/mol. The summed E-state index contributed by atoms with van der Waals surface area (Å²) in [6.07, 6.45) is -5.82. The molecule has 0 unspecified atom stereocenters. The zero-order valence-corrected chi connectivity index (χ0v) is 21.7. The number of carboxylic acid groups (broad SMARTS) is 1. The quantitative estimate of drug-likeness (QED) is 0.190. The van der Waals surface area contributed by atoms with Crippen molar-refractivity contribution < 1.29 is 47.3 Å². The summed E-state index contributed by atoms with van der Waals surface area (Å²) in [6.45, 7) is 0. The number of aromatic carboxylic acids is 1. The average Bonchev–Trinajstić information content (AvgIpc) is 2.95. The van der Waals surface area contributed by atoms with E-state index >= 15 is 0 Å². The minimum atomic E-state index is -4.96. The number of alkyl halides is 3. The number of nitrogens with one attached hydrogen (secondary N) is 3. The summed E-state index contributed by atoms with van der Waals surface area (Å²) in [7, 11) is 2.15. The summed E-state index contributed by atoms with van der Waals surface area (Å²) in [6, 6.07) is 9.59. The largest absolute Gasteiger partial charge is 0.507 e. The van der Waals surface area contributed by atoms with E-state index in [0.29, 0.717) is 6.07 Å². The number of anilines is 3. The highest BCUT2D eigenvalue weighted by Gasteiger charge is 2.35. The van der Waals surface area contributed by atoms with E-state index in [-0.39, 0.29) is 34.6 Å². The number of nitrogens with zero attached hydrogens (tertiary/aromatic N) is 2. The van der Waals surface area contributed by atoms with Gasteiger partial charge in [-0.05, 0) is 48.0 Å². The second kappa shape index (κ2) is 12.1. The van der Waals surface area contributed by atoms with E-state index in [1.54, 1.807) is 6.07 Å². The lowest BCUT2D eigenvalue weighted by Crippen LogP contribution is -2.28. The Morgan fingerprint density at radius 1 is 1.07 bits per heavy atom. The molecule has 3 rings (SSSR count). The van der Waals surface area contributed by atoms with Crippen molar-refractivity contribution in [3.8, 4) is 22.9 Å². The molecule has 3 amide bonds. The maximum absolute atomic E-state index is 14.0. The molecule has 0 heterocycles. The molecule has 0 aromatic heterocycles. The number of hydrogen-bond donors (Lipinski definition) is 5. The Bertz CT molecular complexity index is 1660. The van der Waals surface area contributed by atoms with Crippen LogP contribution in [0.25, 0.3) is 11.1 Å². The van der Waals surface area contributed by atoms with Crippen LogP contribution in [0.5, 0.6) is 5.75 Å². The molecule has 15 heteroatoms. The zero-order valence-electron chi connectivity index (χ0n) is 21.7. The van der Waals surface area contributed by atoms with Gasteiger partial charge in [-0.3, -0.25) is 19.9 Å². The number of nitriles is 1. The third-order valence-corrected chi connectivity index (χ3v) is 5.89. The summed E-state index contributed by atoms with van der Waals surface area (Å²) in [5.41, 5.74) is -4.83. The van der Waals surface area contributed by atoms with Crippen LogP contribution in [0.15, 0.2) is 48.5 Å². The van der Waals surface area contributed by atoms with Crippen LogP contribution in [0.4, 0.5) is 35.0 Å². The number of ether oxygens (including phenoxy) is 1. The number of aromatic hydroxyl groups is 1. The number of phenolic OH excluding ortho intramolecular Hbond substituents is 1. The molecule has 0 aliphatic heterocycles. The smallest absolute Gasteiger partial charge is 0.417 e. The second-order valence-corrected chi connectivity index (χ2v) is 8.44. The van der Waals surface area contributed by atoms with Gasteiger partial charge in [0.25, 0.3) is 5.91 Å². The molecule has 3 aromatic rings. The molecular formula is C27H20F3N5O7. The number of methoxy groups -OCH3 is 1. The summed E-state index contributed by atoms with van der Waals surface area (Å²) in [4.78, 5) is 48.4. The van der Waals surface area contributed by atoms with Gasteiger partial charge < -0.3 is 25.6 Å². The first-order valence-electron chi connectivity index (χ1n) is 11.5. The number of carbonyl (C=O) groups is 4. The highest BCUT2D eigenvalue weighted by molar-refractivity contribution is 6.48. The number of benzene rings is 3. The lowest BCUT2D eigenvalue weighted by atomic mass is 9.93. The first-order valence-corrected chi connectivity index (χ1v) is 11.5. The fourth-order valence-corrected chi connectivity index (χ4v) is 3.88. The lowest BCUT2D eigenvalue weighted by Gasteiger charge is -2.23. The van der Waals surface area contributed by atoms with Gasteiger partial charge >= 0.3 is 18.2 Å². The molecule has 0 saturated heterocycles. The third-order valence-electron chi connectivity index (χ3n) is 5.89. The van der Waals surface area contributed by atoms with Crippen molar-refractivity contribution in [3.05, 3.63) is 70.8 Å². The monoisotopic (exact) mass is 583 g/mol. The maximum atomic E-state index is 14.0. The lowest BCUT2D eigenvalue weighted by molar-refractivity contribution is -0.137. The Kier molecular flexibility index (Phi) is 8.81. The Morgan fingerprint density at radius 3 is 2.33 bits per heavy atom. The number of hydrogen-bond acceptors (Lipinski definition) is 8. The standard InChI is InChI=1S/C27H20F3N5O7/c1-35(26(41)42-2)21-9-18(23(32)24(38)34-20-6-3-13(11-31)7-17(20)25(39)40)22(37)10-16(21)15-5-4-14(33-12-36)8-19(15)27(28,29)30/h3-10,12,32,37H,1-2H3,(H,33,36)(H,34,38)(H,39,40). The highest BCUT2D eigenvalue weighted by Crippen LogP contribution is 2.44. The number of carboxylic acids is 1. The minimum absolute atomic E-state index is 0.0163. The topological polar surface area (TPSA) is 193 Å². The van der Waals surface area contributed by atoms with E-state index in [1.165, 1.54) is 6.07 Å². The summed E-state index contributed by atoms with van der Waals surface area (Å²) in [5.74, 6) is -3.54. The van der Waals surface area contributed by atoms with Gasteiger partial charge in [-0.25, -0.2) is 9.59 Å². The molecule has 0 aliphatic carbocycles. The molecule has 216 valence electrons. The molecule has 0 saturated carbocycles. The summed E-state index contributed by atoms with van der Waals surface area (Å²) >= 11 is 0. The molecule has 0 radical (unpaired) electrons. The first kappa shape index (κ1) is 30.6. The molecular weight excluding hydrogens is 563 g/mol. The van der Waals surface area contributed by atoms with Crippen LogP contribution in [0.2, 0.25) is 0 Å². The van der Waals surface area contributed by atoms with Gasteiger partial charge in [-0.2, -0.15) is 18.4 Å². The van der Waals surface area contributed by atoms with Crippen molar-refractivity contribution in [1.82, 2.24) is 0 Å². The molecule has 12 nitrogen and oxygen atoms in total. The maximum Gasteiger partial charge on any atom is 0.417 e. The predicted octanol–water partition coefficient (Wildman–Crippen LogP) is 4.43. The number of carbonyl (C=O) groups excluding carboxylic acids is 3. The van der Waals surface area contributed by atoms with Crippen molar-refractivity contribution >= 4 is 47.2 Å². The second-order valence-electron chi connectivity index (χ2n) is 8.44. The Labute approximate surface area is 235 Å². The fraction of sp³-hybridized carbons (Fsp3) is 0.111. The van der Waals surface area contributed by atoms with E-state index < -0.39 is 57.9 Å². The van der Waals surface area contributed by atoms with Gasteiger partial charge in [0.2, 0.25) is 6.41 Å². The van der Waals surface area contributed by atoms with Crippen LogP contribution < -0.4 is 15.5 Å². The SMILES string of the molecule is COC(=O)N(C)c1cc(C(=N)C(=O)Nc2ccc(C#N)cc2C(=O)O)c(O)cc1-c1ccc(NC=O)cc1C(F)(F)F. The van der Waals surface area contributed by atoms with Crippen LogP contribution in [0.3, 0.4) is 0 Å². The van der Waals surface area contributed by atoms with Gasteiger partial charge in [0.05, 0.1) is 41.2 Å². The van der Waals surface area contributed by atoms with Crippen molar-refractivity contribution in [2.45, 2.75) is 6.18 Å². The molecule has 0 aliphatic rings. The van der Waals surface area contributed by atoms with Gasteiger partial charge in [-0.15, -0.1) is 0 Å². The average molecular weight is 583 g/mol. The number of rotatable bonds is 8. The third kappa shape index (κ3) is 6.28. The molecule has 0 fully saturated rings. The Morgan fingerprint density at radius 2 is 1.76 bits per heavy atom. The summed E-state index contributed by atoms with van der Waals surface area (Å²) < 4.78 is 46.8. The van der Waals surface area contributed by atoms with Crippen molar-refractivity contribution in [1.29, 1.82) is 10.7 Å². The first-order chi connectivity index (χ1) is 19.7. The van der Waals surface area contributed by atoms with E-state index in [1.807, 2.05) is 0 Å². The molecule has 42 heavy (non-hydrogen) atoms. The van der Waals surface area contributed by atoms with Crippen LogP contribution in [0, 0.1) is 16.7 Å². The molecule has 3 aromatic carbocycles. The number of phenols is 1. The Balaban J connectivity index is 2.17. The van der Waals surface area contributed by atoms with Crippen molar-refractivity contribution in [3.63, 3.8) is 0 Å². The van der Waals surface area contributed by atoms with Gasteiger partial charge in [0, 0.05) is 23.9 Å². The van der Waals surface area contributed by atoms with Crippen LogP contribution >= 0.6 is 0 Å². The molecule has 5 N–H and O–H groups in total. The van der Waals surface area contributed by atoms with Crippen molar-refractivity contribution in [2.24, 2.45) is 0 Å². The van der Waals surface area contributed by atoms with Gasteiger partial charge in [0.1, 0.15) is 11.5 Å². The van der Waals surface area contributed by atoms with Crippen LogP contribution in [-0.4, -0.2) is 54.5 Å². The Hall–Kier alpha value is -5.91. The highest BCUT2D eigenvalue weighted by atomic mass is 19.4. The van der Waals surface area contributed by atoms with Crippen LogP contribution in [0.1, 0.15) is 27.0 Å². The van der Waals surface area contributed by atoms with E-state index in [0.717, 1.165) is 55.5 Å².